The highest BCUT2D eigenvalue weighted by molar-refractivity contribution is 6.03. The average molecular weight is 298 g/mol. The number of hydrazone groups is 1. The summed E-state index contributed by atoms with van der Waals surface area (Å²) in [4.78, 5) is 0. The van der Waals surface area contributed by atoms with Gasteiger partial charge in [-0.05, 0) is 31.0 Å². The Morgan fingerprint density at radius 1 is 1.14 bits per heavy atom. The van der Waals surface area contributed by atoms with E-state index in [4.69, 9.17) is 4.74 Å². The number of aromatic hydroxyl groups is 1. The summed E-state index contributed by atoms with van der Waals surface area (Å²) < 4.78 is 5.68. The van der Waals surface area contributed by atoms with E-state index in [1.165, 1.54) is 0 Å². The van der Waals surface area contributed by atoms with E-state index < -0.39 is 0 Å². The topological polar surface area (TPSA) is 53.9 Å². The minimum atomic E-state index is 0.177. The third-order valence-electron chi connectivity index (χ3n) is 3.20. The Hall–Kier alpha value is -2.49. The van der Waals surface area contributed by atoms with Crippen molar-refractivity contribution in [2.45, 2.75) is 26.8 Å². The molecule has 2 rings (SSSR count). The van der Waals surface area contributed by atoms with Gasteiger partial charge in [-0.15, -0.1) is 0 Å². The highest BCUT2D eigenvalue weighted by Crippen LogP contribution is 2.28. The third kappa shape index (κ3) is 4.25. The molecule has 0 aliphatic rings. The lowest BCUT2D eigenvalue weighted by Crippen LogP contribution is -2.10. The SMILES string of the molecule is CCCOc1cccc(O)c1/C(C)=N/NCc1ccccc1. The van der Waals surface area contributed by atoms with Gasteiger partial charge in [0.05, 0.1) is 24.4 Å². The maximum Gasteiger partial charge on any atom is 0.132 e. The van der Waals surface area contributed by atoms with Crippen LogP contribution < -0.4 is 10.2 Å². The summed E-state index contributed by atoms with van der Waals surface area (Å²) in [5.74, 6) is 0.834. The molecule has 0 unspecified atom stereocenters. The summed E-state index contributed by atoms with van der Waals surface area (Å²) in [5, 5.41) is 14.4. The van der Waals surface area contributed by atoms with Gasteiger partial charge in [0.15, 0.2) is 0 Å². The average Bonchev–Trinajstić information content (AvgIpc) is 2.53. The quantitative estimate of drug-likeness (QED) is 0.605. The van der Waals surface area contributed by atoms with E-state index in [0.717, 1.165) is 12.0 Å². The van der Waals surface area contributed by atoms with Crippen molar-refractivity contribution in [1.82, 2.24) is 5.43 Å². The van der Waals surface area contributed by atoms with Crippen molar-refractivity contribution in [2.24, 2.45) is 5.10 Å². The first kappa shape index (κ1) is 15.9. The molecule has 0 atom stereocenters. The number of benzene rings is 2. The van der Waals surface area contributed by atoms with Gasteiger partial charge < -0.3 is 15.3 Å². The second-order valence-electron chi connectivity index (χ2n) is 5.02. The molecule has 116 valence electrons. The van der Waals surface area contributed by atoms with Crippen molar-refractivity contribution < 1.29 is 9.84 Å². The summed E-state index contributed by atoms with van der Waals surface area (Å²) in [7, 11) is 0. The molecule has 4 heteroatoms. The standard InChI is InChI=1S/C18H22N2O2/c1-3-12-22-17-11-7-10-16(21)18(17)14(2)20-19-13-15-8-5-4-6-9-15/h4-11,19,21H,3,12-13H2,1-2H3/b20-14+. The highest BCUT2D eigenvalue weighted by Gasteiger charge is 2.12. The van der Waals surface area contributed by atoms with E-state index in [1.54, 1.807) is 12.1 Å². The Bertz CT molecular complexity index is 624. The van der Waals surface area contributed by atoms with Crippen LogP contribution in [0.2, 0.25) is 0 Å². The molecule has 0 amide bonds. The van der Waals surface area contributed by atoms with Gasteiger partial charge in [-0.3, -0.25) is 0 Å². The Kier molecular flexibility index (Phi) is 5.83. The van der Waals surface area contributed by atoms with Gasteiger partial charge in [-0.2, -0.15) is 5.10 Å². The molecule has 0 radical (unpaired) electrons. The van der Waals surface area contributed by atoms with Gasteiger partial charge >= 0.3 is 0 Å². The Morgan fingerprint density at radius 2 is 1.91 bits per heavy atom. The summed E-state index contributed by atoms with van der Waals surface area (Å²) in [6, 6.07) is 15.3. The minimum Gasteiger partial charge on any atom is -0.507 e. The Labute approximate surface area is 131 Å². The van der Waals surface area contributed by atoms with E-state index in [2.05, 4.69) is 10.5 Å². The van der Waals surface area contributed by atoms with E-state index in [1.807, 2.05) is 50.2 Å². The van der Waals surface area contributed by atoms with Crippen molar-refractivity contribution in [3.63, 3.8) is 0 Å². The predicted molar refractivity (Wildman–Crippen MR) is 89.4 cm³/mol. The zero-order valence-electron chi connectivity index (χ0n) is 13.0. The fraction of sp³-hybridized carbons (Fsp3) is 0.278. The van der Waals surface area contributed by atoms with Crippen LogP contribution in [0.3, 0.4) is 0 Å². The summed E-state index contributed by atoms with van der Waals surface area (Å²) in [6.07, 6.45) is 0.914. The molecule has 2 aromatic rings. The van der Waals surface area contributed by atoms with Gasteiger partial charge in [0.25, 0.3) is 0 Å². The molecule has 0 heterocycles. The molecule has 2 aromatic carbocycles. The van der Waals surface area contributed by atoms with Crippen LogP contribution in [0.4, 0.5) is 0 Å². The number of hydrogen-bond donors (Lipinski definition) is 2. The maximum atomic E-state index is 10.1. The first-order valence-corrected chi connectivity index (χ1v) is 7.48. The number of phenols is 1. The second-order valence-corrected chi connectivity index (χ2v) is 5.02. The molecular formula is C18H22N2O2. The predicted octanol–water partition coefficient (Wildman–Crippen LogP) is 3.69. The number of rotatable bonds is 7. The molecule has 2 N–H and O–H groups in total. The van der Waals surface area contributed by atoms with Crippen LogP contribution in [0.25, 0.3) is 0 Å². The van der Waals surface area contributed by atoms with Crippen LogP contribution in [0.5, 0.6) is 11.5 Å². The number of nitrogens with zero attached hydrogens (tertiary/aromatic N) is 1. The summed E-state index contributed by atoms with van der Waals surface area (Å²) in [5.41, 5.74) is 5.51. The number of phenolic OH excluding ortho intramolecular Hbond substituents is 1. The van der Waals surface area contributed by atoms with E-state index in [-0.39, 0.29) is 5.75 Å². The molecule has 22 heavy (non-hydrogen) atoms. The van der Waals surface area contributed by atoms with Gasteiger partial charge in [0.2, 0.25) is 0 Å². The zero-order valence-corrected chi connectivity index (χ0v) is 13.0. The second kappa shape index (κ2) is 8.08. The van der Waals surface area contributed by atoms with Crippen LogP contribution in [-0.2, 0) is 6.54 Å². The van der Waals surface area contributed by atoms with E-state index in [9.17, 15) is 5.11 Å². The van der Waals surface area contributed by atoms with Gasteiger partial charge in [0, 0.05) is 0 Å². The van der Waals surface area contributed by atoms with Crippen LogP contribution >= 0.6 is 0 Å². The fourth-order valence-electron chi connectivity index (χ4n) is 2.12. The molecule has 0 saturated carbocycles. The molecule has 0 aliphatic carbocycles. The van der Waals surface area contributed by atoms with Crippen molar-refractivity contribution in [3.8, 4) is 11.5 Å². The Balaban J connectivity index is 2.10. The Morgan fingerprint density at radius 3 is 2.64 bits per heavy atom. The number of ether oxygens (including phenoxy) is 1. The molecule has 0 aromatic heterocycles. The largest absolute Gasteiger partial charge is 0.507 e. The third-order valence-corrected chi connectivity index (χ3v) is 3.20. The molecular weight excluding hydrogens is 276 g/mol. The lowest BCUT2D eigenvalue weighted by atomic mass is 10.1. The van der Waals surface area contributed by atoms with Gasteiger partial charge in [-0.25, -0.2) is 0 Å². The molecule has 0 fully saturated rings. The van der Waals surface area contributed by atoms with Crippen LogP contribution in [0.1, 0.15) is 31.4 Å². The summed E-state index contributed by atoms with van der Waals surface area (Å²) >= 11 is 0. The fourth-order valence-corrected chi connectivity index (χ4v) is 2.12. The maximum absolute atomic E-state index is 10.1. The first-order valence-electron chi connectivity index (χ1n) is 7.48. The van der Waals surface area contributed by atoms with Crippen molar-refractivity contribution in [3.05, 3.63) is 59.7 Å². The van der Waals surface area contributed by atoms with E-state index >= 15 is 0 Å². The van der Waals surface area contributed by atoms with E-state index in [0.29, 0.717) is 30.2 Å². The van der Waals surface area contributed by atoms with Crippen LogP contribution in [0.15, 0.2) is 53.6 Å². The molecule has 4 nitrogen and oxygen atoms in total. The molecule has 0 saturated heterocycles. The molecule has 0 bridgehead atoms. The first-order chi connectivity index (χ1) is 10.7. The number of nitrogens with one attached hydrogen (secondary N) is 1. The van der Waals surface area contributed by atoms with Gasteiger partial charge in [0.1, 0.15) is 11.5 Å². The lowest BCUT2D eigenvalue weighted by molar-refractivity contribution is 0.315. The van der Waals surface area contributed by atoms with Crippen LogP contribution in [-0.4, -0.2) is 17.4 Å². The van der Waals surface area contributed by atoms with Crippen molar-refractivity contribution >= 4 is 5.71 Å². The summed E-state index contributed by atoms with van der Waals surface area (Å²) in [6.45, 7) is 5.15. The molecule has 0 spiro atoms. The van der Waals surface area contributed by atoms with Crippen molar-refractivity contribution in [1.29, 1.82) is 0 Å². The zero-order chi connectivity index (χ0) is 15.8. The minimum absolute atomic E-state index is 0.177. The highest BCUT2D eigenvalue weighted by atomic mass is 16.5. The molecule has 0 aliphatic heterocycles. The van der Waals surface area contributed by atoms with Gasteiger partial charge in [-0.1, -0.05) is 43.3 Å². The van der Waals surface area contributed by atoms with Crippen LogP contribution in [0, 0.1) is 0 Å². The number of hydrogen-bond acceptors (Lipinski definition) is 4. The smallest absolute Gasteiger partial charge is 0.132 e. The lowest BCUT2D eigenvalue weighted by Gasteiger charge is -2.12. The normalized spacial score (nSPS) is 11.3. The monoisotopic (exact) mass is 298 g/mol. The van der Waals surface area contributed by atoms with Crippen molar-refractivity contribution in [2.75, 3.05) is 6.61 Å².